The van der Waals surface area contributed by atoms with E-state index >= 15 is 0 Å². The van der Waals surface area contributed by atoms with Gasteiger partial charge in [0.25, 0.3) is 0 Å². The smallest absolute Gasteiger partial charge is 0.317 e. The maximum atomic E-state index is 12.9. The number of rotatable bonds is 6. The molecule has 2 rings (SSSR count). The molecule has 0 aromatic rings. The van der Waals surface area contributed by atoms with Crippen molar-refractivity contribution < 1.29 is 14.3 Å². The predicted molar refractivity (Wildman–Crippen MR) is 89.2 cm³/mol. The van der Waals surface area contributed by atoms with Crippen LogP contribution >= 0.6 is 0 Å². The van der Waals surface area contributed by atoms with E-state index in [0.29, 0.717) is 19.7 Å². The zero-order valence-electron chi connectivity index (χ0n) is 14.6. The van der Waals surface area contributed by atoms with E-state index in [9.17, 15) is 9.59 Å². The van der Waals surface area contributed by atoms with Gasteiger partial charge in [-0.15, -0.1) is 0 Å². The molecular weight excluding hydrogens is 294 g/mol. The second-order valence-electron chi connectivity index (χ2n) is 6.79. The van der Waals surface area contributed by atoms with Crippen LogP contribution in [0, 0.1) is 5.41 Å². The first-order chi connectivity index (χ1) is 11.1. The highest BCUT2D eigenvalue weighted by atomic mass is 16.5. The number of urea groups is 1. The second kappa shape index (κ2) is 8.52. The number of nitrogens with zero attached hydrogens (tertiary/aromatic N) is 2. The van der Waals surface area contributed by atoms with Crippen LogP contribution in [0.15, 0.2) is 0 Å². The first-order valence-corrected chi connectivity index (χ1v) is 8.94. The molecule has 0 spiro atoms. The van der Waals surface area contributed by atoms with E-state index in [1.54, 1.807) is 7.11 Å². The molecule has 1 saturated heterocycles. The van der Waals surface area contributed by atoms with E-state index in [1.807, 2.05) is 9.80 Å². The van der Waals surface area contributed by atoms with Crippen LogP contribution in [-0.4, -0.2) is 68.2 Å². The minimum absolute atomic E-state index is 0.00278. The van der Waals surface area contributed by atoms with Crippen molar-refractivity contribution in [3.05, 3.63) is 0 Å². The number of carbonyl (C=O) groups excluding carboxylic acids is 2. The molecule has 1 aliphatic carbocycles. The standard InChI is InChI=1S/C17H31N3O3/c1-3-4-9-18-16(22)20-11-6-10-19(12-13-20)15(21)17(14-23-2)7-5-8-17/h3-14H2,1-2H3,(H,18,22). The summed E-state index contributed by atoms with van der Waals surface area (Å²) in [5, 5.41) is 2.96. The molecule has 0 bridgehead atoms. The van der Waals surface area contributed by atoms with Crippen molar-refractivity contribution in [3.8, 4) is 0 Å². The Bertz CT molecular complexity index is 410. The van der Waals surface area contributed by atoms with Crippen molar-refractivity contribution in [1.29, 1.82) is 0 Å². The SMILES string of the molecule is CCCCNC(=O)N1CCCN(C(=O)C2(COC)CCC2)CC1. The third-order valence-corrected chi connectivity index (χ3v) is 5.06. The highest BCUT2D eigenvalue weighted by Gasteiger charge is 2.46. The van der Waals surface area contributed by atoms with Gasteiger partial charge in [0, 0.05) is 39.8 Å². The number of amides is 3. The molecule has 1 saturated carbocycles. The van der Waals surface area contributed by atoms with Gasteiger partial charge in [-0.05, 0) is 25.7 Å². The van der Waals surface area contributed by atoms with Gasteiger partial charge in [0.2, 0.25) is 5.91 Å². The van der Waals surface area contributed by atoms with E-state index in [2.05, 4.69) is 12.2 Å². The summed E-state index contributed by atoms with van der Waals surface area (Å²) >= 11 is 0. The fourth-order valence-corrected chi connectivity index (χ4v) is 3.44. The summed E-state index contributed by atoms with van der Waals surface area (Å²) in [6.07, 6.45) is 5.88. The van der Waals surface area contributed by atoms with E-state index in [4.69, 9.17) is 4.74 Å². The second-order valence-corrected chi connectivity index (χ2v) is 6.79. The van der Waals surface area contributed by atoms with Gasteiger partial charge >= 0.3 is 6.03 Å². The Morgan fingerprint density at radius 2 is 1.78 bits per heavy atom. The van der Waals surface area contributed by atoms with Crippen molar-refractivity contribution in [3.63, 3.8) is 0 Å². The largest absolute Gasteiger partial charge is 0.384 e. The van der Waals surface area contributed by atoms with Crippen LogP contribution in [0.25, 0.3) is 0 Å². The van der Waals surface area contributed by atoms with Crippen molar-refractivity contribution >= 4 is 11.9 Å². The summed E-state index contributed by atoms with van der Waals surface area (Å²) in [4.78, 5) is 28.8. The van der Waals surface area contributed by atoms with Gasteiger partial charge in [-0.2, -0.15) is 0 Å². The minimum Gasteiger partial charge on any atom is -0.384 e. The van der Waals surface area contributed by atoms with Crippen LogP contribution in [0.1, 0.15) is 45.4 Å². The number of hydrogen-bond acceptors (Lipinski definition) is 3. The molecule has 1 aliphatic heterocycles. The predicted octanol–water partition coefficient (Wildman–Crippen LogP) is 1.85. The van der Waals surface area contributed by atoms with Gasteiger partial charge < -0.3 is 19.9 Å². The molecule has 1 N–H and O–H groups in total. The Kier molecular flexibility index (Phi) is 6.69. The van der Waals surface area contributed by atoms with Crippen molar-refractivity contribution in [2.45, 2.75) is 45.4 Å². The number of methoxy groups -OCH3 is 1. The first-order valence-electron chi connectivity index (χ1n) is 8.94. The third-order valence-electron chi connectivity index (χ3n) is 5.06. The fourth-order valence-electron chi connectivity index (χ4n) is 3.44. The van der Waals surface area contributed by atoms with E-state index in [0.717, 1.165) is 58.2 Å². The number of unbranched alkanes of at least 4 members (excludes halogenated alkanes) is 1. The zero-order chi connectivity index (χ0) is 16.7. The molecule has 0 aromatic heterocycles. The van der Waals surface area contributed by atoms with E-state index in [1.165, 1.54) is 0 Å². The first kappa shape index (κ1) is 18.0. The van der Waals surface area contributed by atoms with Gasteiger partial charge in [-0.1, -0.05) is 19.8 Å². The highest BCUT2D eigenvalue weighted by Crippen LogP contribution is 2.42. The molecule has 6 nitrogen and oxygen atoms in total. The molecule has 0 aromatic carbocycles. The van der Waals surface area contributed by atoms with Crippen LogP contribution in [0.4, 0.5) is 4.79 Å². The maximum absolute atomic E-state index is 12.9. The molecule has 0 radical (unpaired) electrons. The molecule has 0 unspecified atom stereocenters. The van der Waals surface area contributed by atoms with Crippen LogP contribution in [0.3, 0.4) is 0 Å². The molecule has 2 fully saturated rings. The monoisotopic (exact) mass is 325 g/mol. The van der Waals surface area contributed by atoms with Gasteiger partial charge in [0.1, 0.15) is 0 Å². The van der Waals surface area contributed by atoms with Crippen molar-refractivity contribution in [2.75, 3.05) is 46.4 Å². The Morgan fingerprint density at radius 3 is 2.39 bits per heavy atom. The van der Waals surface area contributed by atoms with E-state index in [-0.39, 0.29) is 17.4 Å². The Labute approximate surface area is 139 Å². The molecule has 132 valence electrons. The molecule has 2 aliphatic rings. The number of ether oxygens (including phenoxy) is 1. The fraction of sp³-hybridized carbons (Fsp3) is 0.882. The average molecular weight is 325 g/mol. The molecule has 1 heterocycles. The van der Waals surface area contributed by atoms with Crippen LogP contribution in [0.2, 0.25) is 0 Å². The van der Waals surface area contributed by atoms with Gasteiger partial charge in [0.15, 0.2) is 0 Å². The molecular formula is C17H31N3O3. The van der Waals surface area contributed by atoms with Gasteiger partial charge in [-0.3, -0.25) is 4.79 Å². The Hall–Kier alpha value is -1.30. The van der Waals surface area contributed by atoms with Crippen molar-refractivity contribution in [2.24, 2.45) is 5.41 Å². The minimum atomic E-state index is -0.298. The quantitative estimate of drug-likeness (QED) is 0.758. The molecule has 6 heteroatoms. The number of nitrogens with one attached hydrogen (secondary N) is 1. The topological polar surface area (TPSA) is 61.9 Å². The normalized spacial score (nSPS) is 20.6. The highest BCUT2D eigenvalue weighted by molar-refractivity contribution is 5.84. The lowest BCUT2D eigenvalue weighted by Crippen LogP contribution is -2.51. The summed E-state index contributed by atoms with van der Waals surface area (Å²) in [5.74, 6) is 0.221. The number of hydrogen-bond donors (Lipinski definition) is 1. The summed E-state index contributed by atoms with van der Waals surface area (Å²) in [6, 6.07) is 0.00278. The number of carbonyl (C=O) groups is 2. The lowest BCUT2D eigenvalue weighted by molar-refractivity contribution is -0.152. The molecule has 3 amide bonds. The summed E-state index contributed by atoms with van der Waals surface area (Å²) in [7, 11) is 1.66. The van der Waals surface area contributed by atoms with Crippen LogP contribution in [-0.2, 0) is 9.53 Å². The zero-order valence-corrected chi connectivity index (χ0v) is 14.6. The Morgan fingerprint density at radius 1 is 1.09 bits per heavy atom. The Balaban J connectivity index is 1.85. The lowest BCUT2D eigenvalue weighted by atomic mass is 9.68. The molecule has 23 heavy (non-hydrogen) atoms. The van der Waals surface area contributed by atoms with Crippen LogP contribution < -0.4 is 5.32 Å². The lowest BCUT2D eigenvalue weighted by Gasteiger charge is -2.42. The summed E-state index contributed by atoms with van der Waals surface area (Å²) in [5.41, 5.74) is -0.298. The molecule has 0 atom stereocenters. The van der Waals surface area contributed by atoms with Crippen molar-refractivity contribution in [1.82, 2.24) is 15.1 Å². The average Bonchev–Trinajstić information content (AvgIpc) is 2.76. The van der Waals surface area contributed by atoms with Gasteiger partial charge in [-0.25, -0.2) is 4.79 Å². The summed E-state index contributed by atoms with van der Waals surface area (Å²) in [6.45, 7) is 6.06. The van der Waals surface area contributed by atoms with Gasteiger partial charge in [0.05, 0.1) is 12.0 Å². The third kappa shape index (κ3) is 4.37. The van der Waals surface area contributed by atoms with E-state index < -0.39 is 0 Å². The van der Waals surface area contributed by atoms with Crippen LogP contribution in [0.5, 0.6) is 0 Å². The maximum Gasteiger partial charge on any atom is 0.317 e. The summed E-state index contributed by atoms with van der Waals surface area (Å²) < 4.78 is 5.28.